The predicted molar refractivity (Wildman–Crippen MR) is 108 cm³/mol. The lowest BCUT2D eigenvalue weighted by molar-refractivity contribution is 0.102. The summed E-state index contributed by atoms with van der Waals surface area (Å²) in [4.78, 5) is 12.5. The maximum absolute atomic E-state index is 13.1. The minimum atomic E-state index is -3.59. The molecule has 0 spiro atoms. The Balaban J connectivity index is 1.72. The van der Waals surface area contributed by atoms with Gasteiger partial charge in [0.05, 0.1) is 15.5 Å². The summed E-state index contributed by atoms with van der Waals surface area (Å²) in [6, 6.07) is 9.52. The Morgan fingerprint density at radius 1 is 1.11 bits per heavy atom. The van der Waals surface area contributed by atoms with Gasteiger partial charge in [-0.25, -0.2) is 12.8 Å². The molecule has 1 aliphatic carbocycles. The Morgan fingerprint density at radius 2 is 1.75 bits per heavy atom. The molecule has 0 heterocycles. The quantitative estimate of drug-likeness (QED) is 0.757. The summed E-state index contributed by atoms with van der Waals surface area (Å²) >= 11 is 5.90. The average molecular weight is 425 g/mol. The first-order chi connectivity index (χ1) is 13.3. The van der Waals surface area contributed by atoms with Crippen LogP contribution < -0.4 is 5.32 Å². The van der Waals surface area contributed by atoms with Gasteiger partial charge in [0.1, 0.15) is 5.82 Å². The second-order valence-electron chi connectivity index (χ2n) is 6.92. The minimum absolute atomic E-state index is 0.00537. The maximum atomic E-state index is 13.1. The van der Waals surface area contributed by atoms with Crippen molar-refractivity contribution in [2.45, 2.75) is 43.0 Å². The lowest BCUT2D eigenvalue weighted by Gasteiger charge is -2.30. The second-order valence-corrected chi connectivity index (χ2v) is 9.32. The molecule has 0 bridgehead atoms. The van der Waals surface area contributed by atoms with E-state index < -0.39 is 21.7 Å². The van der Waals surface area contributed by atoms with E-state index >= 15 is 0 Å². The molecule has 1 aliphatic rings. The number of carbonyl (C=O) groups excluding carboxylic acids is 1. The Morgan fingerprint density at radius 3 is 2.36 bits per heavy atom. The van der Waals surface area contributed by atoms with Crippen molar-refractivity contribution in [2.75, 3.05) is 12.4 Å². The molecule has 0 radical (unpaired) electrons. The third-order valence-electron chi connectivity index (χ3n) is 5.05. The van der Waals surface area contributed by atoms with E-state index in [1.165, 1.54) is 34.6 Å². The zero-order chi connectivity index (χ0) is 20.3. The van der Waals surface area contributed by atoms with Crippen LogP contribution in [0.3, 0.4) is 0 Å². The number of nitrogens with zero attached hydrogens (tertiary/aromatic N) is 1. The smallest absolute Gasteiger partial charge is 0.257 e. The normalized spacial score (nSPS) is 15.6. The lowest BCUT2D eigenvalue weighted by atomic mass is 9.96. The molecule has 2 aromatic carbocycles. The Hall–Kier alpha value is -1.96. The number of carbonyl (C=O) groups is 1. The first kappa shape index (κ1) is 20.8. The van der Waals surface area contributed by atoms with E-state index in [1.807, 2.05) is 0 Å². The molecule has 8 heteroatoms. The fraction of sp³-hybridized carbons (Fsp3) is 0.350. The van der Waals surface area contributed by atoms with Crippen molar-refractivity contribution < 1.29 is 17.6 Å². The van der Waals surface area contributed by atoms with Gasteiger partial charge >= 0.3 is 0 Å². The molecule has 1 fully saturated rings. The molecule has 150 valence electrons. The van der Waals surface area contributed by atoms with Crippen molar-refractivity contribution in [3.63, 3.8) is 0 Å². The van der Waals surface area contributed by atoms with E-state index in [0.717, 1.165) is 44.2 Å². The van der Waals surface area contributed by atoms with Gasteiger partial charge in [-0.1, -0.05) is 30.9 Å². The Kier molecular flexibility index (Phi) is 6.37. The highest BCUT2D eigenvalue weighted by Gasteiger charge is 2.29. The van der Waals surface area contributed by atoms with Crippen LogP contribution in [0, 0.1) is 5.82 Å². The van der Waals surface area contributed by atoms with E-state index in [1.54, 1.807) is 7.05 Å². The molecule has 0 unspecified atom stereocenters. The van der Waals surface area contributed by atoms with Crippen molar-refractivity contribution in [3.8, 4) is 0 Å². The third-order valence-corrected chi connectivity index (χ3v) is 7.29. The first-order valence-corrected chi connectivity index (χ1v) is 11.0. The van der Waals surface area contributed by atoms with Crippen LogP contribution in [0.1, 0.15) is 42.5 Å². The fourth-order valence-electron chi connectivity index (χ4n) is 3.39. The van der Waals surface area contributed by atoms with E-state index in [2.05, 4.69) is 5.32 Å². The molecular formula is C20H22ClFN2O3S. The third kappa shape index (κ3) is 4.54. The summed E-state index contributed by atoms with van der Waals surface area (Å²) < 4.78 is 40.3. The zero-order valence-electron chi connectivity index (χ0n) is 15.5. The van der Waals surface area contributed by atoms with E-state index in [9.17, 15) is 17.6 Å². The van der Waals surface area contributed by atoms with Crippen LogP contribution in [0.15, 0.2) is 47.4 Å². The van der Waals surface area contributed by atoms with Crippen LogP contribution in [0.2, 0.25) is 5.02 Å². The summed E-state index contributed by atoms with van der Waals surface area (Å²) in [6.45, 7) is 0. The summed E-state index contributed by atoms with van der Waals surface area (Å²) in [5.74, 6) is -1.03. The standard InChI is InChI=1S/C20H22ClFN2O3S/c1-24(16-5-3-2-4-6-16)28(26,27)17-10-8-15(9-11-17)23-20(25)18-12-7-14(22)13-19(18)21/h7-13,16H,2-6H2,1H3,(H,23,25). The van der Waals surface area contributed by atoms with E-state index in [0.29, 0.717) is 5.69 Å². The summed E-state index contributed by atoms with van der Waals surface area (Å²) in [6.07, 6.45) is 4.99. The number of amides is 1. The molecular weight excluding hydrogens is 403 g/mol. The molecule has 0 saturated heterocycles. The van der Waals surface area contributed by atoms with Crippen molar-refractivity contribution in [1.29, 1.82) is 0 Å². The van der Waals surface area contributed by atoms with Gasteiger partial charge in [-0.2, -0.15) is 4.31 Å². The monoisotopic (exact) mass is 424 g/mol. The SMILES string of the molecule is CN(C1CCCCC1)S(=O)(=O)c1ccc(NC(=O)c2ccc(F)cc2Cl)cc1. The number of halogens is 2. The van der Waals surface area contributed by atoms with E-state index in [-0.39, 0.29) is 21.5 Å². The van der Waals surface area contributed by atoms with Gasteiger partial charge in [-0.15, -0.1) is 0 Å². The van der Waals surface area contributed by atoms with Gasteiger partial charge in [0.15, 0.2) is 0 Å². The molecule has 3 rings (SSSR count). The maximum Gasteiger partial charge on any atom is 0.257 e. The molecule has 0 atom stereocenters. The van der Waals surface area contributed by atoms with Gasteiger partial charge < -0.3 is 5.32 Å². The van der Waals surface area contributed by atoms with Crippen LogP contribution >= 0.6 is 11.6 Å². The van der Waals surface area contributed by atoms with Crippen LogP contribution in [-0.2, 0) is 10.0 Å². The molecule has 0 aromatic heterocycles. The Bertz CT molecular complexity index is 958. The van der Waals surface area contributed by atoms with Crippen molar-refractivity contribution in [1.82, 2.24) is 4.31 Å². The summed E-state index contributed by atoms with van der Waals surface area (Å²) in [5.41, 5.74) is 0.557. The van der Waals surface area contributed by atoms with Gasteiger partial charge in [0.2, 0.25) is 10.0 Å². The molecule has 1 amide bonds. The van der Waals surface area contributed by atoms with Crippen LogP contribution in [0.4, 0.5) is 10.1 Å². The van der Waals surface area contributed by atoms with Crippen molar-refractivity contribution in [3.05, 3.63) is 58.9 Å². The number of benzene rings is 2. The number of rotatable bonds is 5. The fourth-order valence-corrected chi connectivity index (χ4v) is 5.06. The number of hydrogen-bond acceptors (Lipinski definition) is 3. The van der Waals surface area contributed by atoms with Gasteiger partial charge in [0.25, 0.3) is 5.91 Å². The highest BCUT2D eigenvalue weighted by atomic mass is 35.5. The average Bonchev–Trinajstić information content (AvgIpc) is 2.68. The highest BCUT2D eigenvalue weighted by Crippen LogP contribution is 2.27. The minimum Gasteiger partial charge on any atom is -0.322 e. The molecule has 5 nitrogen and oxygen atoms in total. The predicted octanol–water partition coefficient (Wildman–Crippen LogP) is 4.68. The number of nitrogens with one attached hydrogen (secondary N) is 1. The topological polar surface area (TPSA) is 66.5 Å². The van der Waals surface area contributed by atoms with Gasteiger partial charge in [-0.3, -0.25) is 4.79 Å². The van der Waals surface area contributed by atoms with Gasteiger partial charge in [0, 0.05) is 18.8 Å². The molecule has 1 N–H and O–H groups in total. The second kappa shape index (κ2) is 8.59. The number of sulfonamides is 1. The van der Waals surface area contributed by atoms with Crippen LogP contribution in [0.25, 0.3) is 0 Å². The summed E-state index contributed by atoms with van der Waals surface area (Å²) in [5, 5.41) is 2.64. The first-order valence-electron chi connectivity index (χ1n) is 9.13. The largest absolute Gasteiger partial charge is 0.322 e. The Labute approximate surface area is 169 Å². The summed E-state index contributed by atoms with van der Waals surface area (Å²) in [7, 11) is -1.97. The lowest BCUT2D eigenvalue weighted by Crippen LogP contribution is -2.38. The highest BCUT2D eigenvalue weighted by molar-refractivity contribution is 7.89. The van der Waals surface area contributed by atoms with E-state index in [4.69, 9.17) is 11.6 Å². The van der Waals surface area contributed by atoms with Crippen molar-refractivity contribution >= 4 is 33.2 Å². The number of hydrogen-bond donors (Lipinski definition) is 1. The molecule has 1 saturated carbocycles. The number of anilines is 1. The van der Waals surface area contributed by atoms with Crippen LogP contribution in [-0.4, -0.2) is 31.7 Å². The zero-order valence-corrected chi connectivity index (χ0v) is 17.1. The van der Waals surface area contributed by atoms with Crippen LogP contribution in [0.5, 0.6) is 0 Å². The van der Waals surface area contributed by atoms with Crippen molar-refractivity contribution in [2.24, 2.45) is 0 Å². The van der Waals surface area contributed by atoms with Gasteiger partial charge in [-0.05, 0) is 55.3 Å². The molecule has 2 aromatic rings. The molecule has 0 aliphatic heterocycles. The molecule has 28 heavy (non-hydrogen) atoms.